The number of carbonyl (C=O) groups excluding carboxylic acids is 2. The molecule has 12 heteroatoms. The third-order valence-corrected chi connectivity index (χ3v) is 8.73. The molecule has 11 nitrogen and oxygen atoms in total. The van der Waals surface area contributed by atoms with Gasteiger partial charge in [-0.2, -0.15) is 5.26 Å². The van der Waals surface area contributed by atoms with E-state index < -0.39 is 5.41 Å². The predicted octanol–water partition coefficient (Wildman–Crippen LogP) is 1.74. The lowest BCUT2D eigenvalue weighted by Gasteiger charge is -2.35. The van der Waals surface area contributed by atoms with Crippen LogP contribution >= 0.6 is 0 Å². The molecule has 2 N–H and O–H groups in total. The fourth-order valence-electron chi connectivity index (χ4n) is 6.65. The number of aromatic nitrogens is 4. The molecule has 3 heterocycles. The van der Waals surface area contributed by atoms with Crippen molar-refractivity contribution in [1.82, 2.24) is 35.7 Å². The van der Waals surface area contributed by atoms with E-state index in [0.717, 1.165) is 28.7 Å². The zero-order chi connectivity index (χ0) is 29.1. The van der Waals surface area contributed by atoms with Crippen LogP contribution in [-0.2, 0) is 27.8 Å². The average Bonchev–Trinajstić information content (AvgIpc) is 3.72. The van der Waals surface area contributed by atoms with Crippen molar-refractivity contribution in [3.63, 3.8) is 0 Å². The second-order valence-electron chi connectivity index (χ2n) is 11.0. The molecule has 2 atom stereocenters. The summed E-state index contributed by atoms with van der Waals surface area (Å²) in [7, 11) is 0. The molecule has 2 unspecified atom stereocenters. The van der Waals surface area contributed by atoms with Crippen molar-refractivity contribution in [3.05, 3.63) is 75.9 Å². The number of morpholine rings is 1. The topological polar surface area (TPSA) is 140 Å². The highest BCUT2D eigenvalue weighted by Gasteiger charge is 2.44. The number of aryl methyl sites for hydroxylation is 2. The summed E-state index contributed by atoms with van der Waals surface area (Å²) in [5.74, 6) is 0.0277. The number of tetrazole rings is 1. The Labute approximate surface area is 243 Å². The zero-order valence-corrected chi connectivity index (χ0v) is 23.3. The van der Waals surface area contributed by atoms with E-state index in [1.165, 1.54) is 6.07 Å². The Kier molecular flexibility index (Phi) is 7.95. The maximum absolute atomic E-state index is 14.5. The van der Waals surface area contributed by atoms with Crippen molar-refractivity contribution in [1.29, 1.82) is 5.26 Å². The molecule has 0 saturated carbocycles. The van der Waals surface area contributed by atoms with Crippen LogP contribution < -0.4 is 5.32 Å². The van der Waals surface area contributed by atoms with Crippen LogP contribution in [0.15, 0.2) is 36.4 Å². The standard InChI is InChI=1S/C30H33FN8O3/c31-23-6-8-26-21(17-23)4-3-20-16-22(28(41)38-12-14-42-15-13-38)5-7-25(20)30(26,29-34-36-37-35-29)9-10-33-19-27(40)39-11-1-2-24(39)18-32/h5-8,16-17,24,33H,1-4,9-15,19H2,(H,34,35,36,37). The Morgan fingerprint density at radius 3 is 2.62 bits per heavy atom. The fraction of sp³-hybridized carbons (Fsp3) is 0.467. The van der Waals surface area contributed by atoms with Gasteiger partial charge in [-0.3, -0.25) is 9.59 Å². The lowest BCUT2D eigenvalue weighted by molar-refractivity contribution is -0.130. The lowest BCUT2D eigenvalue weighted by atomic mass is 9.69. The van der Waals surface area contributed by atoms with Gasteiger partial charge in [-0.15, -0.1) is 5.10 Å². The van der Waals surface area contributed by atoms with Crippen molar-refractivity contribution in [2.24, 2.45) is 0 Å². The molecular weight excluding hydrogens is 539 g/mol. The third-order valence-electron chi connectivity index (χ3n) is 8.73. The molecule has 218 valence electrons. The second-order valence-corrected chi connectivity index (χ2v) is 11.0. The number of hydrogen-bond donors (Lipinski definition) is 2. The summed E-state index contributed by atoms with van der Waals surface area (Å²) in [6.07, 6.45) is 3.17. The molecule has 0 bridgehead atoms. The summed E-state index contributed by atoms with van der Waals surface area (Å²) in [5.41, 5.74) is 3.32. The van der Waals surface area contributed by atoms with Crippen LogP contribution in [0.1, 0.15) is 57.7 Å². The van der Waals surface area contributed by atoms with Crippen molar-refractivity contribution >= 4 is 11.8 Å². The maximum Gasteiger partial charge on any atom is 0.254 e. The minimum atomic E-state index is -0.891. The van der Waals surface area contributed by atoms with Crippen LogP contribution in [0.5, 0.6) is 0 Å². The molecular formula is C30H33FN8O3. The van der Waals surface area contributed by atoms with Gasteiger partial charge in [0.05, 0.1) is 31.2 Å². The number of H-pyrrole nitrogens is 1. The van der Waals surface area contributed by atoms with Gasteiger partial charge in [0.1, 0.15) is 11.9 Å². The van der Waals surface area contributed by atoms with Gasteiger partial charge in [-0.05, 0) is 95.6 Å². The van der Waals surface area contributed by atoms with Gasteiger partial charge >= 0.3 is 0 Å². The molecule has 2 aliphatic heterocycles. The van der Waals surface area contributed by atoms with E-state index in [9.17, 15) is 19.2 Å². The van der Waals surface area contributed by atoms with Crippen LogP contribution in [0, 0.1) is 17.1 Å². The molecule has 0 spiro atoms. The van der Waals surface area contributed by atoms with E-state index in [1.54, 1.807) is 21.9 Å². The van der Waals surface area contributed by atoms with Crippen LogP contribution in [-0.4, -0.2) is 94.2 Å². The van der Waals surface area contributed by atoms with Gasteiger partial charge in [0.2, 0.25) is 5.91 Å². The van der Waals surface area contributed by atoms with Crippen LogP contribution in [0.3, 0.4) is 0 Å². The van der Waals surface area contributed by atoms with Crippen LogP contribution in [0.2, 0.25) is 0 Å². The molecule has 3 aliphatic rings. The number of hydrogen-bond acceptors (Lipinski definition) is 8. The molecule has 1 aliphatic carbocycles. The summed E-state index contributed by atoms with van der Waals surface area (Å²) in [4.78, 5) is 29.7. The van der Waals surface area contributed by atoms with E-state index in [-0.39, 0.29) is 30.2 Å². The predicted molar refractivity (Wildman–Crippen MR) is 149 cm³/mol. The zero-order valence-electron chi connectivity index (χ0n) is 23.3. The van der Waals surface area contributed by atoms with Crippen LogP contribution in [0.25, 0.3) is 0 Å². The maximum atomic E-state index is 14.5. The van der Waals surface area contributed by atoms with Gasteiger partial charge in [-0.1, -0.05) is 12.1 Å². The highest BCUT2D eigenvalue weighted by atomic mass is 19.1. The SMILES string of the molecule is N#CC1CCCN1C(=O)CNCCC1(c2nnn[nH]2)c2ccc(F)cc2CCc2cc(C(=O)N3CCOCC3)ccc21. The lowest BCUT2D eigenvalue weighted by Crippen LogP contribution is -2.42. The van der Waals surface area contributed by atoms with Gasteiger partial charge in [0.15, 0.2) is 5.82 Å². The third kappa shape index (κ3) is 5.14. The number of nitrogens with one attached hydrogen (secondary N) is 2. The Morgan fingerprint density at radius 2 is 1.88 bits per heavy atom. The monoisotopic (exact) mass is 572 g/mol. The van der Waals surface area contributed by atoms with Crippen molar-refractivity contribution < 1.29 is 18.7 Å². The average molecular weight is 573 g/mol. The summed E-state index contributed by atoms with van der Waals surface area (Å²) in [5, 5.41) is 27.8. The van der Waals surface area contributed by atoms with E-state index in [2.05, 4.69) is 32.0 Å². The van der Waals surface area contributed by atoms with Gasteiger partial charge < -0.3 is 19.9 Å². The van der Waals surface area contributed by atoms with E-state index in [1.807, 2.05) is 18.2 Å². The number of rotatable bonds is 7. The number of carbonyl (C=O) groups is 2. The molecule has 6 rings (SSSR count). The number of halogens is 1. The number of likely N-dealkylation sites (tertiary alicyclic amines) is 1. The van der Waals surface area contributed by atoms with E-state index in [4.69, 9.17) is 4.74 Å². The Morgan fingerprint density at radius 1 is 1.12 bits per heavy atom. The Hall–Kier alpha value is -4.21. The van der Waals surface area contributed by atoms with E-state index in [0.29, 0.717) is 76.5 Å². The van der Waals surface area contributed by atoms with Crippen molar-refractivity contribution in [2.75, 3.05) is 45.9 Å². The van der Waals surface area contributed by atoms with Gasteiger partial charge in [0.25, 0.3) is 5.91 Å². The van der Waals surface area contributed by atoms with Gasteiger partial charge in [-0.25, -0.2) is 9.49 Å². The van der Waals surface area contributed by atoms with E-state index >= 15 is 0 Å². The van der Waals surface area contributed by atoms with Crippen molar-refractivity contribution in [3.8, 4) is 6.07 Å². The molecule has 0 radical (unpaired) electrons. The second kappa shape index (κ2) is 12.0. The first-order valence-electron chi connectivity index (χ1n) is 14.4. The summed E-state index contributed by atoms with van der Waals surface area (Å²) in [6.45, 7) is 3.23. The minimum absolute atomic E-state index is 0.0430. The number of amides is 2. The molecule has 2 aromatic carbocycles. The molecule has 2 fully saturated rings. The Balaban J connectivity index is 1.35. The van der Waals surface area contributed by atoms with Crippen LogP contribution in [0.4, 0.5) is 4.39 Å². The first kappa shape index (κ1) is 27.9. The van der Waals surface area contributed by atoms with Crippen molar-refractivity contribution in [2.45, 2.75) is 43.6 Å². The molecule has 42 heavy (non-hydrogen) atoms. The molecule has 2 saturated heterocycles. The first-order valence-corrected chi connectivity index (χ1v) is 14.4. The highest BCUT2D eigenvalue weighted by Crippen LogP contribution is 2.46. The van der Waals surface area contributed by atoms with Gasteiger partial charge in [0, 0.05) is 25.2 Å². The molecule has 1 aromatic heterocycles. The first-order chi connectivity index (χ1) is 20.5. The molecule has 2 amide bonds. The highest BCUT2D eigenvalue weighted by molar-refractivity contribution is 5.94. The minimum Gasteiger partial charge on any atom is -0.378 e. The summed E-state index contributed by atoms with van der Waals surface area (Å²) < 4.78 is 20.0. The number of fused-ring (bicyclic) bond motifs is 2. The largest absolute Gasteiger partial charge is 0.378 e. The number of benzene rings is 2. The number of nitrogens with zero attached hydrogens (tertiary/aromatic N) is 6. The quantitative estimate of drug-likeness (QED) is 0.408. The number of aromatic amines is 1. The summed E-state index contributed by atoms with van der Waals surface area (Å²) >= 11 is 0. The smallest absolute Gasteiger partial charge is 0.254 e. The Bertz CT molecular complexity index is 1500. The number of ether oxygens (including phenoxy) is 1. The number of nitriles is 1. The molecule has 3 aromatic rings. The summed E-state index contributed by atoms with van der Waals surface area (Å²) in [6, 6.07) is 12.4. The normalized spacial score (nSPS) is 21.8. The fourth-order valence-corrected chi connectivity index (χ4v) is 6.65.